The molecule has 1 nitrogen and oxygen atoms in total. The van der Waals surface area contributed by atoms with Crippen molar-refractivity contribution in [3.05, 3.63) is 0 Å². The zero-order valence-electron chi connectivity index (χ0n) is 7.56. The lowest BCUT2D eigenvalue weighted by molar-refractivity contribution is 0.155. The molecule has 2 heteroatoms. The normalized spacial score (nSPS) is 36.8. The molecule has 0 aromatic carbocycles. The molecule has 1 saturated heterocycles. The quantitative estimate of drug-likeness (QED) is 0.621. The summed E-state index contributed by atoms with van der Waals surface area (Å²) in [5.41, 5.74) is 0.448. The molecule has 1 heterocycles. The Balaban J connectivity index is 2.15. The van der Waals surface area contributed by atoms with E-state index >= 15 is 0 Å². The summed E-state index contributed by atoms with van der Waals surface area (Å²) in [6.07, 6.45) is 5.30. The highest BCUT2D eigenvalue weighted by Crippen LogP contribution is 2.29. The first-order valence-electron chi connectivity index (χ1n) is 4.59. The second-order valence-corrected chi connectivity index (χ2v) is 4.26. The van der Waals surface area contributed by atoms with E-state index in [0.29, 0.717) is 11.6 Å². The van der Waals surface area contributed by atoms with E-state index in [4.69, 9.17) is 0 Å². The molecule has 2 atom stereocenters. The number of hydrogen-bond donors (Lipinski definition) is 2. The Morgan fingerprint density at radius 2 is 2.27 bits per heavy atom. The zero-order chi connectivity index (χ0) is 8.32. The van der Waals surface area contributed by atoms with Crippen LogP contribution in [0.3, 0.4) is 0 Å². The first-order chi connectivity index (χ1) is 5.20. The molecule has 11 heavy (non-hydrogen) atoms. The lowest BCUT2D eigenvalue weighted by Crippen LogP contribution is -2.62. The molecule has 1 N–H and O–H groups in total. The molecular weight excluding hydrogens is 154 g/mol. The van der Waals surface area contributed by atoms with Gasteiger partial charge in [-0.25, -0.2) is 0 Å². The maximum atomic E-state index is 4.25. The molecular formula is C9H19NS. The second kappa shape index (κ2) is 3.81. The van der Waals surface area contributed by atoms with Crippen molar-refractivity contribution >= 4 is 12.6 Å². The van der Waals surface area contributed by atoms with Crippen LogP contribution in [0.5, 0.6) is 0 Å². The van der Waals surface area contributed by atoms with Crippen molar-refractivity contribution in [3.63, 3.8) is 0 Å². The van der Waals surface area contributed by atoms with Crippen LogP contribution in [0, 0.1) is 0 Å². The number of rotatable bonds is 4. The molecule has 1 aliphatic rings. The number of unbranched alkanes of at least 4 members (excludes halogenated alkanes) is 1. The molecule has 0 aliphatic carbocycles. The third-order valence-corrected chi connectivity index (χ3v) is 2.99. The minimum Gasteiger partial charge on any atom is -0.308 e. The van der Waals surface area contributed by atoms with Gasteiger partial charge in [-0.15, -0.1) is 0 Å². The molecule has 0 radical (unpaired) electrons. The summed E-state index contributed by atoms with van der Waals surface area (Å²) in [6, 6.07) is 0.681. The van der Waals surface area contributed by atoms with Gasteiger partial charge in [0.25, 0.3) is 0 Å². The van der Waals surface area contributed by atoms with E-state index in [1.807, 2.05) is 0 Å². The third kappa shape index (κ3) is 2.38. The van der Waals surface area contributed by atoms with Crippen LogP contribution in [0.1, 0.15) is 39.5 Å². The number of nitrogens with one attached hydrogen (secondary N) is 1. The summed E-state index contributed by atoms with van der Waals surface area (Å²) in [7, 11) is 0. The molecule has 0 aromatic rings. The van der Waals surface area contributed by atoms with Gasteiger partial charge in [-0.2, -0.15) is 12.6 Å². The van der Waals surface area contributed by atoms with E-state index in [-0.39, 0.29) is 0 Å². The van der Waals surface area contributed by atoms with E-state index < -0.39 is 0 Å². The van der Waals surface area contributed by atoms with Crippen molar-refractivity contribution in [3.8, 4) is 0 Å². The summed E-state index contributed by atoms with van der Waals surface area (Å²) in [4.78, 5) is 0. The minimum absolute atomic E-state index is 0.448. The molecule has 0 bridgehead atoms. The average Bonchev–Trinajstić information content (AvgIpc) is 1.95. The molecule has 2 unspecified atom stereocenters. The molecule has 0 amide bonds. The third-order valence-electron chi connectivity index (χ3n) is 2.55. The van der Waals surface area contributed by atoms with Crippen LogP contribution in [0.4, 0.5) is 0 Å². The van der Waals surface area contributed by atoms with Crippen LogP contribution < -0.4 is 5.32 Å². The SMILES string of the molecule is CCCCC1(C)CC(CS)N1. The lowest BCUT2D eigenvalue weighted by atomic mass is 9.80. The highest BCUT2D eigenvalue weighted by molar-refractivity contribution is 7.80. The minimum atomic E-state index is 0.448. The van der Waals surface area contributed by atoms with Crippen LogP contribution in [-0.4, -0.2) is 17.3 Å². The van der Waals surface area contributed by atoms with Gasteiger partial charge in [-0.05, 0) is 19.8 Å². The highest BCUT2D eigenvalue weighted by Gasteiger charge is 2.37. The van der Waals surface area contributed by atoms with Gasteiger partial charge < -0.3 is 5.32 Å². The predicted molar refractivity (Wildman–Crippen MR) is 53.3 cm³/mol. The maximum absolute atomic E-state index is 4.25. The molecule has 0 saturated carbocycles. The number of thiol groups is 1. The molecule has 1 rings (SSSR count). The summed E-state index contributed by atoms with van der Waals surface area (Å²) in [6.45, 7) is 4.57. The Morgan fingerprint density at radius 1 is 1.64 bits per heavy atom. The fourth-order valence-electron chi connectivity index (χ4n) is 1.87. The topological polar surface area (TPSA) is 12.0 Å². The summed E-state index contributed by atoms with van der Waals surface area (Å²) < 4.78 is 0. The Morgan fingerprint density at radius 3 is 2.73 bits per heavy atom. The van der Waals surface area contributed by atoms with Gasteiger partial charge in [0.05, 0.1) is 0 Å². The summed E-state index contributed by atoms with van der Waals surface area (Å²) in [5, 5.41) is 3.56. The largest absolute Gasteiger partial charge is 0.308 e. The predicted octanol–water partition coefficient (Wildman–Crippen LogP) is 2.23. The molecule has 1 fully saturated rings. The van der Waals surface area contributed by atoms with E-state index in [2.05, 4.69) is 31.8 Å². The van der Waals surface area contributed by atoms with E-state index in [0.717, 1.165) is 5.75 Å². The van der Waals surface area contributed by atoms with Crippen LogP contribution in [0.15, 0.2) is 0 Å². The van der Waals surface area contributed by atoms with Crippen molar-refractivity contribution in [2.75, 3.05) is 5.75 Å². The Bertz CT molecular complexity index is 113. The van der Waals surface area contributed by atoms with Crippen LogP contribution in [-0.2, 0) is 0 Å². The van der Waals surface area contributed by atoms with E-state index in [1.165, 1.54) is 25.7 Å². The smallest absolute Gasteiger partial charge is 0.0178 e. The standard InChI is InChI=1S/C9H19NS/c1-3-4-5-9(2)6-8(7-11)10-9/h8,10-11H,3-7H2,1-2H3. The number of hydrogen-bond acceptors (Lipinski definition) is 2. The fraction of sp³-hybridized carbons (Fsp3) is 1.00. The molecule has 0 spiro atoms. The molecule has 1 aliphatic heterocycles. The first kappa shape index (κ1) is 9.40. The van der Waals surface area contributed by atoms with Gasteiger partial charge in [-0.1, -0.05) is 19.8 Å². The van der Waals surface area contributed by atoms with Gasteiger partial charge >= 0.3 is 0 Å². The van der Waals surface area contributed by atoms with Crippen molar-refractivity contribution in [2.45, 2.75) is 51.1 Å². The lowest BCUT2D eigenvalue weighted by Gasteiger charge is -2.47. The van der Waals surface area contributed by atoms with Crippen LogP contribution in [0.2, 0.25) is 0 Å². The van der Waals surface area contributed by atoms with Crippen molar-refractivity contribution in [2.24, 2.45) is 0 Å². The maximum Gasteiger partial charge on any atom is 0.0178 e. The Hall–Kier alpha value is 0.310. The fourth-order valence-corrected chi connectivity index (χ4v) is 2.09. The average molecular weight is 173 g/mol. The first-order valence-corrected chi connectivity index (χ1v) is 5.22. The molecule has 66 valence electrons. The van der Waals surface area contributed by atoms with Crippen molar-refractivity contribution < 1.29 is 0 Å². The second-order valence-electron chi connectivity index (χ2n) is 3.89. The van der Waals surface area contributed by atoms with Gasteiger partial charge in [0, 0.05) is 17.3 Å². The van der Waals surface area contributed by atoms with Gasteiger partial charge in [0.1, 0.15) is 0 Å². The highest BCUT2D eigenvalue weighted by atomic mass is 32.1. The van der Waals surface area contributed by atoms with Gasteiger partial charge in [0.15, 0.2) is 0 Å². The summed E-state index contributed by atoms with van der Waals surface area (Å²) in [5.74, 6) is 0.988. The summed E-state index contributed by atoms with van der Waals surface area (Å²) >= 11 is 4.25. The van der Waals surface area contributed by atoms with Gasteiger partial charge in [-0.3, -0.25) is 0 Å². The van der Waals surface area contributed by atoms with Crippen LogP contribution in [0.25, 0.3) is 0 Å². The van der Waals surface area contributed by atoms with E-state index in [1.54, 1.807) is 0 Å². The Kier molecular flexibility index (Phi) is 3.26. The van der Waals surface area contributed by atoms with Gasteiger partial charge in [0.2, 0.25) is 0 Å². The molecule has 0 aromatic heterocycles. The van der Waals surface area contributed by atoms with Crippen molar-refractivity contribution in [1.82, 2.24) is 5.32 Å². The Labute approximate surface area is 75.4 Å². The monoisotopic (exact) mass is 173 g/mol. The van der Waals surface area contributed by atoms with Crippen LogP contribution >= 0.6 is 12.6 Å². The van der Waals surface area contributed by atoms with Crippen molar-refractivity contribution in [1.29, 1.82) is 0 Å². The zero-order valence-corrected chi connectivity index (χ0v) is 8.45. The van der Waals surface area contributed by atoms with E-state index in [9.17, 15) is 0 Å².